The monoisotopic (exact) mass is 560 g/mol. The Morgan fingerprint density at radius 3 is 2.24 bits per heavy atom. The average molecular weight is 562 g/mol. The van der Waals surface area contributed by atoms with Crippen LogP contribution >= 0.6 is 35.0 Å². The van der Waals surface area contributed by atoms with Crippen molar-refractivity contribution < 1.29 is 14.0 Å². The third-order valence-electron chi connectivity index (χ3n) is 5.79. The number of nitrogens with zero attached hydrogens (tertiary/aromatic N) is 1. The van der Waals surface area contributed by atoms with E-state index in [1.807, 2.05) is 44.2 Å². The fourth-order valence-corrected chi connectivity index (χ4v) is 5.19. The molecule has 196 valence electrons. The highest BCUT2D eigenvalue weighted by Crippen LogP contribution is 2.28. The Hall–Kier alpha value is -2.54. The molecule has 0 saturated heterocycles. The zero-order valence-corrected chi connectivity index (χ0v) is 23.3. The summed E-state index contributed by atoms with van der Waals surface area (Å²) in [7, 11) is 0. The number of benzene rings is 3. The fourth-order valence-electron chi connectivity index (χ4n) is 3.78. The Balaban J connectivity index is 1.90. The normalized spacial score (nSPS) is 11.8. The quantitative estimate of drug-likeness (QED) is 0.265. The van der Waals surface area contributed by atoms with Crippen LogP contribution in [0.25, 0.3) is 0 Å². The molecule has 3 aromatic carbocycles. The SMILES string of the molecule is CC(C)CNC(=O)[C@@H](Cc1ccccc1)N(Cc1c(Cl)cccc1Cl)C(=O)CSCc1ccccc1F. The van der Waals surface area contributed by atoms with Crippen LogP contribution in [0.2, 0.25) is 10.0 Å². The molecule has 0 saturated carbocycles. The maximum Gasteiger partial charge on any atom is 0.243 e. The van der Waals surface area contributed by atoms with Crippen molar-refractivity contribution in [3.8, 4) is 0 Å². The van der Waals surface area contributed by atoms with E-state index >= 15 is 0 Å². The average Bonchev–Trinajstić information content (AvgIpc) is 2.87. The predicted molar refractivity (Wildman–Crippen MR) is 151 cm³/mol. The van der Waals surface area contributed by atoms with Crippen molar-refractivity contribution in [1.29, 1.82) is 0 Å². The first kappa shape index (κ1) is 29.0. The fraction of sp³-hybridized carbons (Fsp3) is 0.310. The molecule has 3 rings (SSSR count). The van der Waals surface area contributed by atoms with Gasteiger partial charge in [-0.1, -0.05) is 91.6 Å². The first-order valence-corrected chi connectivity index (χ1v) is 14.0. The smallest absolute Gasteiger partial charge is 0.243 e. The lowest BCUT2D eigenvalue weighted by Crippen LogP contribution is -2.51. The van der Waals surface area contributed by atoms with E-state index in [-0.39, 0.29) is 35.8 Å². The molecule has 4 nitrogen and oxygen atoms in total. The van der Waals surface area contributed by atoms with E-state index in [9.17, 15) is 14.0 Å². The molecule has 0 aliphatic heterocycles. The highest BCUT2D eigenvalue weighted by Gasteiger charge is 2.31. The maximum atomic E-state index is 14.1. The number of halogens is 3. The summed E-state index contributed by atoms with van der Waals surface area (Å²) in [6, 6.07) is 20.5. The van der Waals surface area contributed by atoms with Crippen LogP contribution in [0.3, 0.4) is 0 Å². The van der Waals surface area contributed by atoms with Crippen molar-refractivity contribution in [2.24, 2.45) is 5.92 Å². The lowest BCUT2D eigenvalue weighted by Gasteiger charge is -2.32. The standard InChI is InChI=1S/C29H31Cl2FN2O2S/c1-20(2)16-33-29(36)27(15-21-9-4-3-5-10-21)34(17-23-24(30)12-8-13-25(23)31)28(35)19-37-18-22-11-6-7-14-26(22)32/h3-14,20,27H,15-19H2,1-2H3,(H,33,36)/t27-/m1/s1. The van der Waals surface area contributed by atoms with E-state index in [1.165, 1.54) is 17.8 Å². The number of amides is 2. The van der Waals surface area contributed by atoms with Crippen molar-refractivity contribution in [3.63, 3.8) is 0 Å². The molecular formula is C29H31Cl2FN2O2S. The van der Waals surface area contributed by atoms with Crippen LogP contribution in [0.5, 0.6) is 0 Å². The maximum absolute atomic E-state index is 14.1. The van der Waals surface area contributed by atoms with Crippen molar-refractivity contribution >= 4 is 46.8 Å². The van der Waals surface area contributed by atoms with Crippen LogP contribution in [-0.2, 0) is 28.3 Å². The summed E-state index contributed by atoms with van der Waals surface area (Å²) < 4.78 is 14.1. The number of thioether (sulfide) groups is 1. The Morgan fingerprint density at radius 1 is 0.946 bits per heavy atom. The molecule has 1 atom stereocenters. The van der Waals surface area contributed by atoms with E-state index in [0.717, 1.165) is 5.56 Å². The van der Waals surface area contributed by atoms with E-state index in [4.69, 9.17) is 23.2 Å². The van der Waals surface area contributed by atoms with E-state index in [2.05, 4.69) is 5.32 Å². The molecule has 3 aromatic rings. The van der Waals surface area contributed by atoms with Crippen LogP contribution in [-0.4, -0.2) is 35.1 Å². The summed E-state index contributed by atoms with van der Waals surface area (Å²) in [5.74, 6) is -0.149. The molecule has 2 amide bonds. The first-order valence-electron chi connectivity index (χ1n) is 12.1. The molecule has 0 fully saturated rings. The summed E-state index contributed by atoms with van der Waals surface area (Å²) in [5, 5.41) is 3.83. The zero-order valence-electron chi connectivity index (χ0n) is 20.9. The Labute approximate surface area is 232 Å². The van der Waals surface area contributed by atoms with Gasteiger partial charge in [0.25, 0.3) is 0 Å². The van der Waals surface area contributed by atoms with Crippen LogP contribution in [0.4, 0.5) is 4.39 Å². The van der Waals surface area contributed by atoms with E-state index in [1.54, 1.807) is 41.3 Å². The van der Waals surface area contributed by atoms with Gasteiger partial charge in [-0.2, -0.15) is 0 Å². The van der Waals surface area contributed by atoms with E-state index in [0.29, 0.717) is 39.9 Å². The molecule has 37 heavy (non-hydrogen) atoms. The summed E-state index contributed by atoms with van der Waals surface area (Å²) >= 11 is 14.2. The molecule has 0 unspecified atom stereocenters. The van der Waals surface area contributed by atoms with Gasteiger partial charge in [-0.3, -0.25) is 9.59 Å². The number of carbonyl (C=O) groups is 2. The lowest BCUT2D eigenvalue weighted by atomic mass is 10.0. The van der Waals surface area contributed by atoms with Gasteiger partial charge in [-0.05, 0) is 35.2 Å². The Morgan fingerprint density at radius 2 is 1.59 bits per heavy atom. The second kappa shape index (κ2) is 14.4. The number of nitrogens with one attached hydrogen (secondary N) is 1. The molecule has 8 heteroatoms. The zero-order chi connectivity index (χ0) is 26.8. The molecule has 0 aromatic heterocycles. The van der Waals surface area contributed by atoms with Crippen LogP contribution in [0.1, 0.15) is 30.5 Å². The minimum absolute atomic E-state index is 0.0686. The topological polar surface area (TPSA) is 49.4 Å². The van der Waals surface area contributed by atoms with Crippen LogP contribution < -0.4 is 5.32 Å². The largest absolute Gasteiger partial charge is 0.354 e. The van der Waals surface area contributed by atoms with Gasteiger partial charge in [-0.25, -0.2) is 4.39 Å². The summed E-state index contributed by atoms with van der Waals surface area (Å²) in [4.78, 5) is 28.7. The molecule has 0 aliphatic rings. The van der Waals surface area contributed by atoms with Crippen molar-refractivity contribution in [1.82, 2.24) is 10.2 Å². The summed E-state index contributed by atoms with van der Waals surface area (Å²) in [6.07, 6.45) is 0.330. The number of carbonyl (C=O) groups excluding carboxylic acids is 2. The van der Waals surface area contributed by atoms with Crippen molar-refractivity contribution in [3.05, 3.63) is 105 Å². The first-order chi connectivity index (χ1) is 17.8. The highest BCUT2D eigenvalue weighted by atomic mass is 35.5. The van der Waals surface area contributed by atoms with Gasteiger partial charge >= 0.3 is 0 Å². The van der Waals surface area contributed by atoms with E-state index < -0.39 is 6.04 Å². The van der Waals surface area contributed by atoms with Crippen LogP contribution in [0, 0.1) is 11.7 Å². The number of rotatable bonds is 12. The molecule has 0 heterocycles. The molecule has 0 aliphatic carbocycles. The predicted octanol–water partition coefficient (Wildman–Crippen LogP) is 6.78. The third-order valence-corrected chi connectivity index (χ3v) is 7.46. The van der Waals surface area contributed by atoms with Gasteiger partial charge in [0.05, 0.1) is 5.75 Å². The minimum atomic E-state index is -0.782. The molecule has 1 N–H and O–H groups in total. The lowest BCUT2D eigenvalue weighted by molar-refractivity contribution is -0.139. The Kier molecular flexibility index (Phi) is 11.3. The molecule has 0 bridgehead atoms. The van der Waals surface area contributed by atoms with Crippen LogP contribution in [0.15, 0.2) is 72.8 Å². The van der Waals surface area contributed by atoms with Gasteiger partial charge in [-0.15, -0.1) is 11.8 Å². The van der Waals surface area contributed by atoms with Gasteiger partial charge in [0.15, 0.2) is 0 Å². The van der Waals surface area contributed by atoms with Gasteiger partial charge in [0.2, 0.25) is 11.8 Å². The second-order valence-corrected chi connectivity index (χ2v) is 11.0. The summed E-state index contributed by atoms with van der Waals surface area (Å²) in [5.41, 5.74) is 2.03. The van der Waals surface area contributed by atoms with Crippen molar-refractivity contribution in [2.45, 2.75) is 38.6 Å². The van der Waals surface area contributed by atoms with Gasteiger partial charge in [0.1, 0.15) is 11.9 Å². The number of hydrogen-bond donors (Lipinski definition) is 1. The van der Waals surface area contributed by atoms with Gasteiger partial charge < -0.3 is 10.2 Å². The number of hydrogen-bond acceptors (Lipinski definition) is 3. The second-order valence-electron chi connectivity index (χ2n) is 9.15. The third kappa shape index (κ3) is 8.77. The summed E-state index contributed by atoms with van der Waals surface area (Å²) in [6.45, 7) is 4.59. The molecule has 0 spiro atoms. The molecular weight excluding hydrogens is 530 g/mol. The van der Waals surface area contributed by atoms with Crippen molar-refractivity contribution in [2.75, 3.05) is 12.3 Å². The Bertz CT molecular complexity index is 1170. The molecule has 0 radical (unpaired) electrons. The van der Waals surface area contributed by atoms with Gasteiger partial charge in [0, 0.05) is 40.9 Å². The minimum Gasteiger partial charge on any atom is -0.354 e. The highest BCUT2D eigenvalue weighted by molar-refractivity contribution is 7.99.